The number of sulfone groups is 1. The molecule has 0 saturated carbocycles. The molecular weight excluding hydrogens is 346 g/mol. The highest BCUT2D eigenvalue weighted by Crippen LogP contribution is 2.23. The fraction of sp³-hybridized carbons (Fsp3) is 0.500. The molecule has 5 nitrogen and oxygen atoms in total. The van der Waals surface area contributed by atoms with Crippen LogP contribution >= 0.6 is 23.4 Å². The summed E-state index contributed by atoms with van der Waals surface area (Å²) in [6.07, 6.45) is 0.637. The quantitative estimate of drug-likeness (QED) is 0.747. The number of hydrogen-bond acceptors (Lipinski definition) is 5. The summed E-state index contributed by atoms with van der Waals surface area (Å²) in [6, 6.07) is 7.06. The molecule has 0 radical (unpaired) electrons. The van der Waals surface area contributed by atoms with Crippen LogP contribution in [0.5, 0.6) is 5.75 Å². The van der Waals surface area contributed by atoms with Gasteiger partial charge in [0.2, 0.25) is 5.91 Å². The van der Waals surface area contributed by atoms with E-state index in [4.69, 9.17) is 16.3 Å². The Labute approximate surface area is 139 Å². The number of amides is 1. The summed E-state index contributed by atoms with van der Waals surface area (Å²) < 4.78 is 28.1. The molecule has 1 N–H and O–H groups in total. The normalized spacial score (nSPS) is 19.8. The lowest BCUT2D eigenvalue weighted by Crippen LogP contribution is -2.30. The van der Waals surface area contributed by atoms with E-state index in [9.17, 15) is 13.2 Å². The Balaban J connectivity index is 1.58. The van der Waals surface area contributed by atoms with E-state index in [0.717, 1.165) is 0 Å². The first kappa shape index (κ1) is 17.4. The molecule has 1 amide bonds. The van der Waals surface area contributed by atoms with Crippen molar-refractivity contribution in [3.05, 3.63) is 29.3 Å². The zero-order valence-corrected chi connectivity index (χ0v) is 14.3. The average Bonchev–Trinajstić information content (AvgIpc) is 2.81. The van der Waals surface area contributed by atoms with Crippen molar-refractivity contribution < 1.29 is 17.9 Å². The second-order valence-electron chi connectivity index (χ2n) is 4.99. The molecule has 1 aliphatic rings. The van der Waals surface area contributed by atoms with Gasteiger partial charge in [-0.05, 0) is 24.6 Å². The molecule has 0 bridgehead atoms. The van der Waals surface area contributed by atoms with Gasteiger partial charge in [0.15, 0.2) is 9.84 Å². The molecule has 1 unspecified atom stereocenters. The molecule has 22 heavy (non-hydrogen) atoms. The van der Waals surface area contributed by atoms with Gasteiger partial charge in [0, 0.05) is 10.3 Å². The predicted octanol–water partition coefficient (Wildman–Crippen LogP) is 1.76. The van der Waals surface area contributed by atoms with E-state index in [1.165, 1.54) is 11.8 Å². The van der Waals surface area contributed by atoms with E-state index >= 15 is 0 Å². The maximum absolute atomic E-state index is 11.7. The van der Waals surface area contributed by atoms with Gasteiger partial charge in [0.25, 0.3) is 0 Å². The van der Waals surface area contributed by atoms with E-state index < -0.39 is 9.84 Å². The molecule has 1 atom stereocenters. The summed E-state index contributed by atoms with van der Waals surface area (Å²) in [5.74, 6) is 1.25. The SMILES string of the molecule is O=C(CSC1CCS(=O)(=O)C1)NCCOc1cccc(Cl)c1. The van der Waals surface area contributed by atoms with Gasteiger partial charge in [-0.15, -0.1) is 11.8 Å². The minimum absolute atomic E-state index is 0.0402. The third-order valence-corrected chi connectivity index (χ3v) is 6.65. The zero-order valence-electron chi connectivity index (χ0n) is 12.0. The molecule has 1 fully saturated rings. The standard InChI is InChI=1S/C14H18ClNO4S2/c15-11-2-1-3-12(8-11)20-6-5-16-14(17)9-21-13-4-7-22(18,19)10-13/h1-3,8,13H,4-7,9-10H2,(H,16,17). The fourth-order valence-electron chi connectivity index (χ4n) is 2.05. The summed E-state index contributed by atoms with van der Waals surface area (Å²) in [4.78, 5) is 11.7. The summed E-state index contributed by atoms with van der Waals surface area (Å²) in [7, 11) is -2.88. The molecular formula is C14H18ClNO4S2. The van der Waals surface area contributed by atoms with Crippen LogP contribution < -0.4 is 10.1 Å². The van der Waals surface area contributed by atoms with Crippen LogP contribution in [0.4, 0.5) is 0 Å². The molecule has 2 rings (SSSR count). The first-order valence-electron chi connectivity index (χ1n) is 6.92. The minimum Gasteiger partial charge on any atom is -0.492 e. The second-order valence-corrected chi connectivity index (χ2v) is 8.95. The molecule has 8 heteroatoms. The van der Waals surface area contributed by atoms with Gasteiger partial charge in [-0.2, -0.15) is 0 Å². The van der Waals surface area contributed by atoms with Gasteiger partial charge in [0.1, 0.15) is 12.4 Å². The topological polar surface area (TPSA) is 72.5 Å². The maximum Gasteiger partial charge on any atom is 0.230 e. The Kier molecular flexibility index (Phi) is 6.40. The van der Waals surface area contributed by atoms with Crippen LogP contribution in [0.2, 0.25) is 5.02 Å². The van der Waals surface area contributed by atoms with Crippen LogP contribution in [-0.4, -0.2) is 50.0 Å². The number of nitrogens with one attached hydrogen (secondary N) is 1. The van der Waals surface area contributed by atoms with Crippen LogP contribution in [0, 0.1) is 0 Å². The predicted molar refractivity (Wildman–Crippen MR) is 89.5 cm³/mol. The second kappa shape index (κ2) is 8.08. The van der Waals surface area contributed by atoms with Crippen LogP contribution in [0.15, 0.2) is 24.3 Å². The van der Waals surface area contributed by atoms with Crippen molar-refractivity contribution in [2.24, 2.45) is 0 Å². The molecule has 0 aliphatic carbocycles. The summed E-state index contributed by atoms with van der Waals surface area (Å²) in [5.41, 5.74) is 0. The Bertz CT molecular complexity index is 621. The van der Waals surface area contributed by atoms with E-state index in [0.29, 0.717) is 30.3 Å². The van der Waals surface area contributed by atoms with Gasteiger partial charge in [-0.25, -0.2) is 8.42 Å². The van der Waals surface area contributed by atoms with Crippen LogP contribution in [-0.2, 0) is 14.6 Å². The molecule has 0 spiro atoms. The summed E-state index contributed by atoms with van der Waals surface area (Å²) in [6.45, 7) is 0.753. The largest absolute Gasteiger partial charge is 0.492 e. The number of hydrogen-bond donors (Lipinski definition) is 1. The van der Waals surface area contributed by atoms with Crippen molar-refractivity contribution >= 4 is 39.1 Å². The van der Waals surface area contributed by atoms with Gasteiger partial charge in [0.05, 0.1) is 23.8 Å². The minimum atomic E-state index is -2.88. The van der Waals surface area contributed by atoms with Crippen molar-refractivity contribution in [3.8, 4) is 5.75 Å². The Morgan fingerprint density at radius 1 is 1.45 bits per heavy atom. The molecule has 1 heterocycles. The third kappa shape index (κ3) is 6.06. The Hall–Kier alpha value is -0.920. The number of carbonyl (C=O) groups excluding carboxylic acids is 1. The lowest BCUT2D eigenvalue weighted by Gasteiger charge is -2.09. The Morgan fingerprint density at radius 2 is 2.27 bits per heavy atom. The smallest absolute Gasteiger partial charge is 0.230 e. The number of rotatable bonds is 7. The molecule has 0 aromatic heterocycles. The first-order chi connectivity index (χ1) is 10.4. The number of thioether (sulfide) groups is 1. The van der Waals surface area contributed by atoms with Gasteiger partial charge in [-0.3, -0.25) is 4.79 Å². The summed E-state index contributed by atoms with van der Waals surface area (Å²) in [5, 5.41) is 3.39. The fourth-order valence-corrected chi connectivity index (χ4v) is 5.71. The van der Waals surface area contributed by atoms with Crippen LogP contribution in [0.3, 0.4) is 0 Å². The number of benzene rings is 1. The average molecular weight is 364 g/mol. The number of carbonyl (C=O) groups is 1. The molecule has 1 saturated heterocycles. The summed E-state index contributed by atoms with van der Waals surface area (Å²) >= 11 is 7.24. The highest BCUT2D eigenvalue weighted by atomic mass is 35.5. The van der Waals surface area contributed by atoms with E-state index in [1.54, 1.807) is 24.3 Å². The third-order valence-electron chi connectivity index (χ3n) is 3.13. The monoisotopic (exact) mass is 363 g/mol. The molecule has 1 aromatic carbocycles. The molecule has 1 aromatic rings. The van der Waals surface area contributed by atoms with Gasteiger partial charge < -0.3 is 10.1 Å². The van der Waals surface area contributed by atoms with Gasteiger partial charge >= 0.3 is 0 Å². The lowest BCUT2D eigenvalue weighted by atomic mass is 10.3. The van der Waals surface area contributed by atoms with E-state index in [2.05, 4.69) is 5.32 Å². The zero-order chi connectivity index (χ0) is 16.0. The van der Waals surface area contributed by atoms with Crippen LogP contribution in [0.25, 0.3) is 0 Å². The molecule has 122 valence electrons. The highest BCUT2D eigenvalue weighted by Gasteiger charge is 2.28. The van der Waals surface area contributed by atoms with Crippen molar-refractivity contribution in [1.29, 1.82) is 0 Å². The van der Waals surface area contributed by atoms with E-state index in [-0.39, 0.29) is 28.4 Å². The van der Waals surface area contributed by atoms with Gasteiger partial charge in [-0.1, -0.05) is 17.7 Å². The van der Waals surface area contributed by atoms with Crippen molar-refractivity contribution in [3.63, 3.8) is 0 Å². The lowest BCUT2D eigenvalue weighted by molar-refractivity contribution is -0.118. The maximum atomic E-state index is 11.7. The number of halogens is 1. The van der Waals surface area contributed by atoms with E-state index in [1.807, 2.05) is 0 Å². The number of ether oxygens (including phenoxy) is 1. The van der Waals surface area contributed by atoms with Crippen LogP contribution in [0.1, 0.15) is 6.42 Å². The highest BCUT2D eigenvalue weighted by molar-refractivity contribution is 8.02. The van der Waals surface area contributed by atoms with Crippen molar-refractivity contribution in [2.75, 3.05) is 30.4 Å². The molecule has 1 aliphatic heterocycles. The first-order valence-corrected chi connectivity index (χ1v) is 10.2. The van der Waals surface area contributed by atoms with Crippen molar-refractivity contribution in [2.45, 2.75) is 11.7 Å². The van der Waals surface area contributed by atoms with Crippen molar-refractivity contribution in [1.82, 2.24) is 5.32 Å². The Morgan fingerprint density at radius 3 is 2.95 bits per heavy atom.